The van der Waals surface area contributed by atoms with Gasteiger partial charge in [-0.2, -0.15) is 5.26 Å². The van der Waals surface area contributed by atoms with Crippen LogP contribution in [0.1, 0.15) is 30.3 Å². The maximum atomic E-state index is 13.2. The third-order valence-electron chi connectivity index (χ3n) is 3.06. The van der Waals surface area contributed by atoms with Gasteiger partial charge in [0, 0.05) is 12.0 Å². The van der Waals surface area contributed by atoms with Crippen molar-refractivity contribution in [2.24, 2.45) is 0 Å². The number of aryl methyl sites for hydroxylation is 1. The van der Waals surface area contributed by atoms with Crippen molar-refractivity contribution < 1.29 is 4.39 Å². The lowest BCUT2D eigenvalue weighted by molar-refractivity contribution is 0.627. The summed E-state index contributed by atoms with van der Waals surface area (Å²) in [6.45, 7) is 3.82. The van der Waals surface area contributed by atoms with Crippen LogP contribution in [0.4, 0.5) is 21.7 Å². The highest BCUT2D eigenvalue weighted by molar-refractivity contribution is 5.68. The number of benzene rings is 1. The third kappa shape index (κ3) is 3.26. The molecule has 5 nitrogen and oxygen atoms in total. The Bertz CT molecular complexity index is 706. The fourth-order valence-corrected chi connectivity index (χ4v) is 1.88. The van der Waals surface area contributed by atoms with Gasteiger partial charge < -0.3 is 11.1 Å². The first-order valence-electron chi connectivity index (χ1n) is 6.64. The van der Waals surface area contributed by atoms with E-state index in [0.29, 0.717) is 35.1 Å². The molecule has 0 aliphatic rings. The van der Waals surface area contributed by atoms with Crippen molar-refractivity contribution in [2.45, 2.75) is 26.7 Å². The normalized spacial score (nSPS) is 10.2. The van der Waals surface area contributed by atoms with E-state index in [1.807, 2.05) is 13.0 Å². The molecule has 0 bridgehead atoms. The monoisotopic (exact) mass is 285 g/mol. The molecule has 2 aromatic rings. The molecular weight excluding hydrogens is 269 g/mol. The Morgan fingerprint density at radius 1 is 1.38 bits per heavy atom. The van der Waals surface area contributed by atoms with Crippen LogP contribution in [0.5, 0.6) is 0 Å². The fourth-order valence-electron chi connectivity index (χ4n) is 1.88. The highest BCUT2D eigenvalue weighted by atomic mass is 19.1. The summed E-state index contributed by atoms with van der Waals surface area (Å²) in [5.74, 6) is 1.12. The summed E-state index contributed by atoms with van der Waals surface area (Å²) in [5, 5.41) is 12.1. The topological polar surface area (TPSA) is 87.6 Å². The number of aromatic nitrogens is 2. The molecule has 0 atom stereocenters. The van der Waals surface area contributed by atoms with Crippen LogP contribution in [-0.4, -0.2) is 9.97 Å². The highest BCUT2D eigenvalue weighted by Gasteiger charge is 2.11. The van der Waals surface area contributed by atoms with Crippen molar-refractivity contribution >= 4 is 17.3 Å². The van der Waals surface area contributed by atoms with Crippen LogP contribution in [0.25, 0.3) is 0 Å². The molecule has 0 aliphatic carbocycles. The summed E-state index contributed by atoms with van der Waals surface area (Å²) in [6, 6.07) is 5.92. The summed E-state index contributed by atoms with van der Waals surface area (Å²) in [6.07, 6.45) is 1.62. The zero-order valence-corrected chi connectivity index (χ0v) is 11.9. The maximum Gasteiger partial charge on any atom is 0.139 e. The zero-order valence-electron chi connectivity index (χ0n) is 11.9. The van der Waals surface area contributed by atoms with Crippen molar-refractivity contribution in [3.8, 4) is 6.07 Å². The Morgan fingerprint density at radius 2 is 2.14 bits per heavy atom. The van der Waals surface area contributed by atoms with Gasteiger partial charge in [-0.1, -0.05) is 6.92 Å². The van der Waals surface area contributed by atoms with Gasteiger partial charge in [-0.05, 0) is 31.5 Å². The third-order valence-corrected chi connectivity index (χ3v) is 3.06. The minimum absolute atomic E-state index is 0.212. The second-order valence-electron chi connectivity index (χ2n) is 4.68. The first kappa shape index (κ1) is 14.7. The van der Waals surface area contributed by atoms with Gasteiger partial charge in [0.15, 0.2) is 0 Å². The number of nitrogens with zero attached hydrogens (tertiary/aromatic N) is 3. The lowest BCUT2D eigenvalue weighted by Gasteiger charge is -2.12. The van der Waals surface area contributed by atoms with E-state index >= 15 is 0 Å². The van der Waals surface area contributed by atoms with E-state index in [2.05, 4.69) is 15.3 Å². The molecule has 0 saturated carbocycles. The first-order chi connectivity index (χ1) is 10.0. The number of halogens is 1. The Hall–Kier alpha value is -2.68. The van der Waals surface area contributed by atoms with E-state index in [4.69, 9.17) is 11.0 Å². The summed E-state index contributed by atoms with van der Waals surface area (Å²) in [7, 11) is 0. The van der Waals surface area contributed by atoms with Crippen LogP contribution in [-0.2, 0) is 6.42 Å². The predicted octanol–water partition coefficient (Wildman–Crippen LogP) is 3.07. The summed E-state index contributed by atoms with van der Waals surface area (Å²) in [4.78, 5) is 8.63. The van der Waals surface area contributed by atoms with Gasteiger partial charge in [-0.25, -0.2) is 14.4 Å². The quantitative estimate of drug-likeness (QED) is 0.901. The number of rotatable bonds is 4. The van der Waals surface area contributed by atoms with E-state index in [1.165, 1.54) is 18.2 Å². The van der Waals surface area contributed by atoms with Crippen LogP contribution in [0.2, 0.25) is 0 Å². The molecule has 0 spiro atoms. The molecule has 0 unspecified atom stereocenters. The molecule has 0 aliphatic heterocycles. The van der Waals surface area contributed by atoms with Crippen molar-refractivity contribution in [3.05, 3.63) is 41.0 Å². The Labute approximate surface area is 122 Å². The minimum atomic E-state index is -0.456. The van der Waals surface area contributed by atoms with Gasteiger partial charge in [-0.3, -0.25) is 0 Å². The minimum Gasteiger partial charge on any atom is -0.383 e. The van der Waals surface area contributed by atoms with Gasteiger partial charge in [0.2, 0.25) is 0 Å². The van der Waals surface area contributed by atoms with Gasteiger partial charge >= 0.3 is 0 Å². The number of nitriles is 1. The van der Waals surface area contributed by atoms with Crippen LogP contribution in [0.3, 0.4) is 0 Å². The molecule has 0 amide bonds. The molecule has 108 valence electrons. The van der Waals surface area contributed by atoms with Crippen LogP contribution >= 0.6 is 0 Å². The summed E-state index contributed by atoms with van der Waals surface area (Å²) >= 11 is 0. The second-order valence-corrected chi connectivity index (χ2v) is 4.68. The van der Waals surface area contributed by atoms with E-state index < -0.39 is 5.82 Å². The summed E-state index contributed by atoms with van der Waals surface area (Å²) in [5.41, 5.74) is 7.28. The van der Waals surface area contributed by atoms with Crippen LogP contribution in [0, 0.1) is 24.1 Å². The van der Waals surface area contributed by atoms with Crippen molar-refractivity contribution in [2.75, 3.05) is 11.1 Å². The SMILES string of the molecule is CCCc1nc(N)c(C)c(Nc2ccc(F)cc2C#N)n1. The fraction of sp³-hybridized carbons (Fsp3) is 0.267. The number of nitrogens with two attached hydrogens (primary N) is 1. The summed E-state index contributed by atoms with van der Waals surface area (Å²) < 4.78 is 13.2. The second kappa shape index (κ2) is 6.18. The molecular formula is C15H16FN5. The molecule has 1 aromatic heterocycles. The van der Waals surface area contributed by atoms with E-state index in [1.54, 1.807) is 6.92 Å². The van der Waals surface area contributed by atoms with E-state index in [9.17, 15) is 4.39 Å². The largest absolute Gasteiger partial charge is 0.383 e. The number of nitrogens with one attached hydrogen (secondary N) is 1. The lowest BCUT2D eigenvalue weighted by Crippen LogP contribution is -2.07. The molecule has 21 heavy (non-hydrogen) atoms. The van der Waals surface area contributed by atoms with Gasteiger partial charge in [0.05, 0.1) is 11.3 Å². The Balaban J connectivity index is 2.42. The van der Waals surface area contributed by atoms with Crippen LogP contribution in [0.15, 0.2) is 18.2 Å². The average Bonchev–Trinajstić information content (AvgIpc) is 2.46. The predicted molar refractivity (Wildman–Crippen MR) is 79.6 cm³/mol. The van der Waals surface area contributed by atoms with Crippen molar-refractivity contribution in [1.82, 2.24) is 9.97 Å². The van der Waals surface area contributed by atoms with Gasteiger partial charge in [-0.15, -0.1) is 0 Å². The van der Waals surface area contributed by atoms with E-state index in [0.717, 1.165) is 6.42 Å². The van der Waals surface area contributed by atoms with E-state index in [-0.39, 0.29) is 5.56 Å². The molecule has 0 fully saturated rings. The standard InChI is InChI=1S/C15H16FN5/c1-3-4-13-20-14(18)9(2)15(21-13)19-12-6-5-11(16)7-10(12)8-17/h5-7H,3-4H2,1-2H3,(H3,18,19,20,21). The average molecular weight is 285 g/mol. The van der Waals surface area contributed by atoms with Gasteiger partial charge in [0.25, 0.3) is 0 Å². The molecule has 2 rings (SSSR count). The van der Waals surface area contributed by atoms with Crippen molar-refractivity contribution in [3.63, 3.8) is 0 Å². The Morgan fingerprint density at radius 3 is 2.81 bits per heavy atom. The molecule has 0 radical (unpaired) electrons. The highest BCUT2D eigenvalue weighted by Crippen LogP contribution is 2.25. The van der Waals surface area contributed by atoms with Crippen LogP contribution < -0.4 is 11.1 Å². The zero-order chi connectivity index (χ0) is 15.4. The number of nitrogen functional groups attached to an aromatic ring is 1. The molecule has 0 saturated heterocycles. The number of hydrogen-bond acceptors (Lipinski definition) is 5. The van der Waals surface area contributed by atoms with Crippen molar-refractivity contribution in [1.29, 1.82) is 5.26 Å². The smallest absolute Gasteiger partial charge is 0.139 e. The van der Waals surface area contributed by atoms with Gasteiger partial charge in [0.1, 0.15) is 29.3 Å². The molecule has 3 N–H and O–H groups in total. The Kier molecular flexibility index (Phi) is 4.33. The lowest BCUT2D eigenvalue weighted by atomic mass is 10.2. The maximum absolute atomic E-state index is 13.2. The molecule has 1 aromatic carbocycles. The first-order valence-corrected chi connectivity index (χ1v) is 6.64. The molecule has 6 heteroatoms. The number of hydrogen-bond donors (Lipinski definition) is 2. The molecule has 1 heterocycles. The number of anilines is 3.